The predicted octanol–water partition coefficient (Wildman–Crippen LogP) is 11.0. The van der Waals surface area contributed by atoms with Crippen LogP contribution < -0.4 is 9.47 Å². The summed E-state index contributed by atoms with van der Waals surface area (Å²) in [5.74, 6) is 2.64. The van der Waals surface area contributed by atoms with Gasteiger partial charge in [-0.3, -0.25) is 9.59 Å². The second kappa shape index (κ2) is 14.2. The standard InChI is InChI=1S/2C22H24O2/c2*1-22(2,3)20-14-16(13-15-9-11-17(24-4)12-10-15)21(23)19-8-6-5-7-18(19)20/h2*5-13,20H,14H2,1-4H3/b2*16-13+/t2*20-/m10/s1. The van der Waals surface area contributed by atoms with Crippen LogP contribution in [-0.2, 0) is 0 Å². The van der Waals surface area contributed by atoms with Crippen molar-refractivity contribution >= 4 is 23.7 Å². The maximum atomic E-state index is 12.9. The Morgan fingerprint density at radius 3 is 1.17 bits per heavy atom. The summed E-state index contributed by atoms with van der Waals surface area (Å²) in [6, 6.07) is 31.8. The van der Waals surface area contributed by atoms with Crippen LogP contribution in [-0.4, -0.2) is 25.8 Å². The zero-order chi connectivity index (χ0) is 34.6. The Kier molecular flexibility index (Phi) is 10.2. The summed E-state index contributed by atoms with van der Waals surface area (Å²) in [5, 5.41) is 0. The van der Waals surface area contributed by atoms with E-state index in [1.54, 1.807) is 14.2 Å². The molecule has 48 heavy (non-hydrogen) atoms. The SMILES string of the molecule is COc1ccc(/C=C2\C[C@@H](C(C)(C)C)c3ccccc3C2=O)cc1.COc1ccc(/C=C2\C[C@H](C(C)(C)C)c3ccccc3C2=O)cc1. The number of carbonyl (C=O) groups is 2. The van der Waals surface area contributed by atoms with Gasteiger partial charge in [-0.15, -0.1) is 0 Å². The van der Waals surface area contributed by atoms with Crippen molar-refractivity contribution in [2.75, 3.05) is 14.2 Å². The maximum Gasteiger partial charge on any atom is 0.189 e. The smallest absolute Gasteiger partial charge is 0.189 e. The number of ether oxygens (including phenoxy) is 2. The highest BCUT2D eigenvalue weighted by Gasteiger charge is 2.37. The highest BCUT2D eigenvalue weighted by atomic mass is 16.5. The molecule has 0 radical (unpaired) electrons. The number of hydrogen-bond acceptors (Lipinski definition) is 4. The van der Waals surface area contributed by atoms with Gasteiger partial charge in [0.1, 0.15) is 11.5 Å². The number of carbonyl (C=O) groups excluding carboxylic acids is 2. The minimum Gasteiger partial charge on any atom is -0.497 e. The van der Waals surface area contributed by atoms with Crippen molar-refractivity contribution in [1.29, 1.82) is 0 Å². The van der Waals surface area contributed by atoms with Gasteiger partial charge in [-0.25, -0.2) is 0 Å². The van der Waals surface area contributed by atoms with E-state index in [1.165, 1.54) is 11.1 Å². The van der Waals surface area contributed by atoms with E-state index in [0.717, 1.165) is 57.7 Å². The molecule has 4 heteroatoms. The number of ketones is 2. The summed E-state index contributed by atoms with van der Waals surface area (Å²) in [5.41, 5.74) is 8.12. The third-order valence-electron chi connectivity index (χ3n) is 9.60. The highest BCUT2D eigenvalue weighted by Crippen LogP contribution is 2.46. The van der Waals surface area contributed by atoms with E-state index in [0.29, 0.717) is 11.8 Å². The second-order valence-corrected chi connectivity index (χ2v) is 15.0. The number of hydrogen-bond donors (Lipinski definition) is 0. The van der Waals surface area contributed by atoms with E-state index in [2.05, 4.69) is 53.7 Å². The number of rotatable bonds is 4. The summed E-state index contributed by atoms with van der Waals surface area (Å²) in [4.78, 5) is 25.8. The van der Waals surface area contributed by atoms with Crippen LogP contribution in [0.1, 0.15) is 109 Å². The molecule has 6 rings (SSSR count). The van der Waals surface area contributed by atoms with Gasteiger partial charge in [-0.05, 0) is 94.2 Å². The van der Waals surface area contributed by atoms with Crippen LogP contribution in [0.2, 0.25) is 0 Å². The summed E-state index contributed by atoms with van der Waals surface area (Å²) in [6.07, 6.45) is 5.61. The fraction of sp³-hybridized carbons (Fsp3) is 0.318. The quantitative estimate of drug-likeness (QED) is 0.208. The van der Waals surface area contributed by atoms with Crippen LogP contribution in [0.4, 0.5) is 0 Å². The maximum absolute atomic E-state index is 12.9. The Bertz CT molecular complexity index is 1690. The first-order valence-corrected chi connectivity index (χ1v) is 16.8. The predicted molar refractivity (Wildman–Crippen MR) is 197 cm³/mol. The van der Waals surface area contributed by atoms with Gasteiger partial charge >= 0.3 is 0 Å². The minimum absolute atomic E-state index is 0.107. The number of Topliss-reactive ketones (excluding diaryl/α,β-unsaturated/α-hetero) is 2. The van der Waals surface area contributed by atoms with Crippen LogP contribution in [0.3, 0.4) is 0 Å². The average Bonchev–Trinajstić information content (AvgIpc) is 3.07. The van der Waals surface area contributed by atoms with Gasteiger partial charge in [0, 0.05) is 22.3 Å². The summed E-state index contributed by atoms with van der Waals surface area (Å²) in [7, 11) is 3.31. The molecule has 0 fully saturated rings. The molecular weight excluding hydrogens is 592 g/mol. The van der Waals surface area contributed by atoms with E-state index in [-0.39, 0.29) is 22.4 Å². The minimum atomic E-state index is 0.107. The average molecular weight is 641 g/mol. The number of allylic oxidation sites excluding steroid dienone is 2. The van der Waals surface area contributed by atoms with Crippen LogP contribution in [0.25, 0.3) is 12.2 Å². The van der Waals surface area contributed by atoms with Crippen molar-refractivity contribution in [2.45, 2.75) is 66.2 Å². The van der Waals surface area contributed by atoms with Crippen LogP contribution in [0.15, 0.2) is 108 Å². The lowest BCUT2D eigenvalue weighted by Crippen LogP contribution is -2.27. The third kappa shape index (κ3) is 7.71. The van der Waals surface area contributed by atoms with Gasteiger partial charge in [0.05, 0.1) is 14.2 Å². The molecule has 2 atom stereocenters. The molecule has 4 aromatic carbocycles. The molecule has 2 aliphatic rings. The summed E-state index contributed by atoms with van der Waals surface area (Å²) < 4.78 is 10.4. The van der Waals surface area contributed by atoms with Crippen molar-refractivity contribution in [3.63, 3.8) is 0 Å². The summed E-state index contributed by atoms with van der Waals surface area (Å²) >= 11 is 0. The van der Waals surface area contributed by atoms with Crippen molar-refractivity contribution in [1.82, 2.24) is 0 Å². The molecule has 0 bridgehead atoms. The van der Waals surface area contributed by atoms with Crippen LogP contribution in [0.5, 0.6) is 11.5 Å². The fourth-order valence-electron chi connectivity index (χ4n) is 6.80. The first kappa shape index (κ1) is 34.6. The molecule has 0 spiro atoms. The van der Waals surface area contributed by atoms with Gasteiger partial charge in [0.25, 0.3) is 0 Å². The van der Waals surface area contributed by atoms with E-state index in [4.69, 9.17) is 9.47 Å². The number of fused-ring (bicyclic) bond motifs is 2. The lowest BCUT2D eigenvalue weighted by atomic mass is 9.67. The molecular formula is C44H48O4. The Morgan fingerprint density at radius 1 is 0.521 bits per heavy atom. The highest BCUT2D eigenvalue weighted by molar-refractivity contribution is 6.14. The first-order valence-electron chi connectivity index (χ1n) is 16.8. The van der Waals surface area contributed by atoms with Crippen molar-refractivity contribution in [3.8, 4) is 11.5 Å². The zero-order valence-electron chi connectivity index (χ0n) is 29.6. The van der Waals surface area contributed by atoms with Gasteiger partial charge in [0.2, 0.25) is 0 Å². The Hall–Kier alpha value is -4.70. The summed E-state index contributed by atoms with van der Waals surface area (Å²) in [6.45, 7) is 13.5. The molecule has 4 nitrogen and oxygen atoms in total. The van der Waals surface area contributed by atoms with Crippen LogP contribution >= 0.6 is 0 Å². The molecule has 2 aliphatic carbocycles. The monoisotopic (exact) mass is 640 g/mol. The lowest BCUT2D eigenvalue weighted by Gasteiger charge is -2.36. The Labute approximate surface area is 286 Å². The molecule has 0 aliphatic heterocycles. The van der Waals surface area contributed by atoms with Gasteiger partial charge in [-0.2, -0.15) is 0 Å². The third-order valence-corrected chi connectivity index (χ3v) is 9.60. The Morgan fingerprint density at radius 2 is 0.854 bits per heavy atom. The fourth-order valence-corrected chi connectivity index (χ4v) is 6.80. The molecule has 0 heterocycles. The van der Waals surface area contributed by atoms with E-state index in [9.17, 15) is 9.59 Å². The van der Waals surface area contributed by atoms with Gasteiger partial charge in [0.15, 0.2) is 11.6 Å². The second-order valence-electron chi connectivity index (χ2n) is 15.0. The van der Waals surface area contributed by atoms with Crippen molar-refractivity contribution < 1.29 is 19.1 Å². The molecule has 248 valence electrons. The topological polar surface area (TPSA) is 52.6 Å². The van der Waals surface area contributed by atoms with Crippen molar-refractivity contribution in [3.05, 3.63) is 142 Å². The molecule has 0 saturated carbocycles. The lowest BCUT2D eigenvalue weighted by molar-refractivity contribution is 0.100. The first-order chi connectivity index (χ1) is 22.8. The van der Waals surface area contributed by atoms with Crippen LogP contribution in [0, 0.1) is 10.8 Å². The van der Waals surface area contributed by atoms with Gasteiger partial charge in [-0.1, -0.05) is 114 Å². The molecule has 0 saturated heterocycles. The van der Waals surface area contributed by atoms with Gasteiger partial charge < -0.3 is 9.47 Å². The van der Waals surface area contributed by atoms with E-state index in [1.807, 2.05) is 97.1 Å². The zero-order valence-corrected chi connectivity index (χ0v) is 29.6. The normalized spacial score (nSPS) is 19.2. The number of methoxy groups -OCH3 is 2. The molecule has 0 unspecified atom stereocenters. The molecule has 0 amide bonds. The molecule has 0 N–H and O–H groups in total. The largest absolute Gasteiger partial charge is 0.497 e. The van der Waals surface area contributed by atoms with E-state index < -0.39 is 0 Å². The molecule has 4 aromatic rings. The number of benzene rings is 4. The van der Waals surface area contributed by atoms with E-state index >= 15 is 0 Å². The van der Waals surface area contributed by atoms with Crippen molar-refractivity contribution in [2.24, 2.45) is 10.8 Å². The Balaban J connectivity index is 0.000000188. The molecule has 0 aromatic heterocycles.